The van der Waals surface area contributed by atoms with E-state index in [9.17, 15) is 14.0 Å². The number of hydrogen-bond donors (Lipinski definition) is 1. The van der Waals surface area contributed by atoms with Gasteiger partial charge < -0.3 is 10.2 Å². The summed E-state index contributed by atoms with van der Waals surface area (Å²) in [6, 6.07) is 13.3. The molecular formula is C24H29FN2O2. The Morgan fingerprint density at radius 1 is 1.10 bits per heavy atom. The Kier molecular flexibility index (Phi) is 6.36. The monoisotopic (exact) mass is 396 g/mol. The maximum Gasteiger partial charge on any atom is 0.254 e. The molecule has 0 saturated carbocycles. The van der Waals surface area contributed by atoms with Crippen molar-refractivity contribution in [1.29, 1.82) is 0 Å². The van der Waals surface area contributed by atoms with Crippen LogP contribution in [0.25, 0.3) is 0 Å². The normalized spacial score (nSPS) is 17.4. The van der Waals surface area contributed by atoms with E-state index in [0.717, 1.165) is 18.4 Å². The highest BCUT2D eigenvalue weighted by atomic mass is 19.1. The highest BCUT2D eigenvalue weighted by Gasteiger charge is 2.32. The highest BCUT2D eigenvalue weighted by molar-refractivity contribution is 5.97. The minimum absolute atomic E-state index is 0.0182. The van der Waals surface area contributed by atoms with E-state index in [1.807, 2.05) is 12.1 Å². The average Bonchev–Trinajstić information content (AvgIpc) is 2.91. The van der Waals surface area contributed by atoms with E-state index in [0.29, 0.717) is 24.1 Å². The Morgan fingerprint density at radius 3 is 2.45 bits per heavy atom. The molecule has 3 rings (SSSR count). The molecule has 1 atom stereocenters. The molecule has 154 valence electrons. The van der Waals surface area contributed by atoms with E-state index in [1.54, 1.807) is 30.3 Å². The van der Waals surface area contributed by atoms with Gasteiger partial charge in [-0.1, -0.05) is 51.1 Å². The Morgan fingerprint density at radius 2 is 1.79 bits per heavy atom. The summed E-state index contributed by atoms with van der Waals surface area (Å²) in [6.07, 6.45) is 2.30. The fourth-order valence-electron chi connectivity index (χ4n) is 3.63. The molecule has 0 bridgehead atoms. The SMILES string of the molecule is CC(C)(C)c1ccc(C(=O)N(Cc2ccccc2F)C2CCCCNC2=O)cc1. The van der Waals surface area contributed by atoms with Crippen LogP contribution in [-0.2, 0) is 16.8 Å². The van der Waals surface area contributed by atoms with E-state index in [-0.39, 0.29) is 29.6 Å². The molecule has 1 aliphatic heterocycles. The summed E-state index contributed by atoms with van der Waals surface area (Å²) in [5.74, 6) is -0.795. The topological polar surface area (TPSA) is 49.4 Å². The molecular weight excluding hydrogens is 367 g/mol. The second-order valence-corrected chi connectivity index (χ2v) is 8.65. The van der Waals surface area contributed by atoms with Crippen molar-refractivity contribution in [3.05, 3.63) is 71.0 Å². The number of amides is 2. The standard InChI is InChI=1S/C24H29FN2O2/c1-24(2,3)19-13-11-17(12-14-19)23(29)27(16-18-8-4-5-9-20(18)25)21-10-6-7-15-26-22(21)28/h4-5,8-9,11-14,21H,6-7,10,15-16H2,1-3H3,(H,26,28). The van der Waals surface area contributed by atoms with E-state index < -0.39 is 6.04 Å². The third-order valence-electron chi connectivity index (χ3n) is 5.44. The van der Waals surface area contributed by atoms with Crippen LogP contribution in [0.15, 0.2) is 48.5 Å². The van der Waals surface area contributed by atoms with Crippen molar-refractivity contribution in [1.82, 2.24) is 10.2 Å². The lowest BCUT2D eigenvalue weighted by Gasteiger charge is -2.30. The van der Waals surface area contributed by atoms with E-state index in [2.05, 4.69) is 26.1 Å². The highest BCUT2D eigenvalue weighted by Crippen LogP contribution is 2.24. The molecule has 1 unspecified atom stereocenters. The number of carbonyl (C=O) groups is 2. The van der Waals surface area contributed by atoms with Crippen molar-refractivity contribution in [2.24, 2.45) is 0 Å². The second-order valence-electron chi connectivity index (χ2n) is 8.65. The summed E-state index contributed by atoms with van der Waals surface area (Å²) in [4.78, 5) is 27.6. The van der Waals surface area contributed by atoms with Gasteiger partial charge in [0.2, 0.25) is 5.91 Å². The lowest BCUT2D eigenvalue weighted by Crippen LogP contribution is -2.48. The summed E-state index contributed by atoms with van der Waals surface area (Å²) in [5.41, 5.74) is 2.02. The van der Waals surface area contributed by atoms with Crippen LogP contribution >= 0.6 is 0 Å². The smallest absolute Gasteiger partial charge is 0.254 e. The third kappa shape index (κ3) is 5.03. The van der Waals surface area contributed by atoms with E-state index in [1.165, 1.54) is 11.0 Å². The van der Waals surface area contributed by atoms with Gasteiger partial charge in [0.15, 0.2) is 0 Å². The molecule has 0 aromatic heterocycles. The molecule has 0 radical (unpaired) electrons. The zero-order valence-corrected chi connectivity index (χ0v) is 17.4. The van der Waals surface area contributed by atoms with Crippen LogP contribution in [0.1, 0.15) is 61.5 Å². The predicted molar refractivity (Wildman–Crippen MR) is 112 cm³/mol. The van der Waals surface area contributed by atoms with Crippen molar-refractivity contribution in [3.8, 4) is 0 Å². The first-order chi connectivity index (χ1) is 13.8. The number of hydrogen-bond acceptors (Lipinski definition) is 2. The number of nitrogens with zero attached hydrogens (tertiary/aromatic N) is 1. The second kappa shape index (κ2) is 8.76. The van der Waals surface area contributed by atoms with Gasteiger partial charge in [0.25, 0.3) is 5.91 Å². The summed E-state index contributed by atoms with van der Waals surface area (Å²) in [6.45, 7) is 7.01. The molecule has 5 heteroatoms. The maximum atomic E-state index is 14.3. The van der Waals surface area contributed by atoms with Crippen LogP contribution < -0.4 is 5.32 Å². The minimum atomic E-state index is -0.605. The summed E-state index contributed by atoms with van der Waals surface area (Å²) >= 11 is 0. The minimum Gasteiger partial charge on any atom is -0.354 e. The summed E-state index contributed by atoms with van der Waals surface area (Å²) in [5, 5.41) is 2.88. The van der Waals surface area contributed by atoms with Crippen LogP contribution in [0.3, 0.4) is 0 Å². The van der Waals surface area contributed by atoms with Gasteiger partial charge in [-0.25, -0.2) is 4.39 Å². The van der Waals surface area contributed by atoms with Crippen molar-refractivity contribution < 1.29 is 14.0 Å². The number of benzene rings is 2. The lowest BCUT2D eigenvalue weighted by molar-refractivity contribution is -0.125. The van der Waals surface area contributed by atoms with E-state index in [4.69, 9.17) is 0 Å². The van der Waals surface area contributed by atoms with Gasteiger partial charge in [0.05, 0.1) is 0 Å². The van der Waals surface area contributed by atoms with Crippen molar-refractivity contribution in [3.63, 3.8) is 0 Å². The molecule has 1 aliphatic rings. The number of carbonyl (C=O) groups excluding carboxylic acids is 2. The molecule has 1 saturated heterocycles. The van der Waals surface area contributed by atoms with Gasteiger partial charge in [-0.2, -0.15) is 0 Å². The van der Waals surface area contributed by atoms with Gasteiger partial charge >= 0.3 is 0 Å². The van der Waals surface area contributed by atoms with Gasteiger partial charge in [-0.3, -0.25) is 9.59 Å². The predicted octanol–water partition coefficient (Wildman–Crippen LogP) is 4.43. The first-order valence-corrected chi connectivity index (χ1v) is 10.2. The Bertz CT molecular complexity index is 871. The fraction of sp³-hybridized carbons (Fsp3) is 0.417. The first kappa shape index (κ1) is 21.0. The molecule has 1 N–H and O–H groups in total. The molecule has 2 amide bonds. The van der Waals surface area contributed by atoms with Crippen LogP contribution in [-0.4, -0.2) is 29.3 Å². The number of nitrogens with one attached hydrogen (secondary N) is 1. The average molecular weight is 397 g/mol. The van der Waals surface area contributed by atoms with Crippen LogP contribution in [0.4, 0.5) is 4.39 Å². The number of rotatable bonds is 4. The molecule has 4 nitrogen and oxygen atoms in total. The molecule has 0 aliphatic carbocycles. The fourth-order valence-corrected chi connectivity index (χ4v) is 3.63. The van der Waals surface area contributed by atoms with Gasteiger partial charge in [0, 0.05) is 24.2 Å². The van der Waals surface area contributed by atoms with Gasteiger partial charge in [-0.15, -0.1) is 0 Å². The molecule has 0 spiro atoms. The Labute approximate surface area is 172 Å². The zero-order chi connectivity index (χ0) is 21.0. The molecule has 1 heterocycles. The molecule has 1 fully saturated rings. The van der Waals surface area contributed by atoms with Crippen LogP contribution in [0.5, 0.6) is 0 Å². The summed E-state index contributed by atoms with van der Waals surface area (Å²) in [7, 11) is 0. The van der Waals surface area contributed by atoms with Crippen LogP contribution in [0.2, 0.25) is 0 Å². The van der Waals surface area contributed by atoms with E-state index >= 15 is 0 Å². The molecule has 2 aromatic rings. The maximum absolute atomic E-state index is 14.3. The first-order valence-electron chi connectivity index (χ1n) is 10.2. The largest absolute Gasteiger partial charge is 0.354 e. The van der Waals surface area contributed by atoms with Crippen molar-refractivity contribution in [2.45, 2.75) is 58.0 Å². The Hall–Kier alpha value is -2.69. The quantitative estimate of drug-likeness (QED) is 0.831. The lowest BCUT2D eigenvalue weighted by atomic mass is 9.86. The van der Waals surface area contributed by atoms with Crippen molar-refractivity contribution in [2.75, 3.05) is 6.54 Å². The Balaban J connectivity index is 1.94. The zero-order valence-electron chi connectivity index (χ0n) is 17.4. The summed E-state index contributed by atoms with van der Waals surface area (Å²) < 4.78 is 14.3. The van der Waals surface area contributed by atoms with Gasteiger partial charge in [0.1, 0.15) is 11.9 Å². The van der Waals surface area contributed by atoms with Crippen molar-refractivity contribution >= 4 is 11.8 Å². The molecule has 2 aromatic carbocycles. The number of halogens is 1. The van der Waals surface area contributed by atoms with Gasteiger partial charge in [-0.05, 0) is 48.4 Å². The van der Waals surface area contributed by atoms with Crippen LogP contribution in [0, 0.1) is 5.82 Å². The molecule has 29 heavy (non-hydrogen) atoms. The third-order valence-corrected chi connectivity index (χ3v) is 5.44.